The first-order chi connectivity index (χ1) is 8.52. The molecule has 98 valence electrons. The first kappa shape index (κ1) is 14.3. The Kier molecular flexibility index (Phi) is 5.43. The highest BCUT2D eigenvalue weighted by Gasteiger charge is 2.02. The summed E-state index contributed by atoms with van der Waals surface area (Å²) in [6.45, 7) is 6.90. The highest BCUT2D eigenvalue weighted by atomic mass is 16.5. The van der Waals surface area contributed by atoms with E-state index >= 15 is 0 Å². The molecule has 0 bridgehead atoms. The number of methoxy groups -OCH3 is 1. The lowest BCUT2D eigenvalue weighted by Gasteiger charge is -2.11. The van der Waals surface area contributed by atoms with Crippen LogP contribution in [-0.4, -0.2) is 19.7 Å². The number of benzene rings is 1. The van der Waals surface area contributed by atoms with Crippen molar-refractivity contribution in [1.82, 2.24) is 0 Å². The second kappa shape index (κ2) is 6.84. The highest BCUT2D eigenvalue weighted by Crippen LogP contribution is 2.21. The van der Waals surface area contributed by atoms with Gasteiger partial charge in [0.1, 0.15) is 5.75 Å². The van der Waals surface area contributed by atoms with Crippen LogP contribution in [0.5, 0.6) is 5.75 Å². The van der Waals surface area contributed by atoms with Crippen molar-refractivity contribution in [3.63, 3.8) is 0 Å². The van der Waals surface area contributed by atoms with Gasteiger partial charge >= 0.3 is 5.97 Å². The quantitative estimate of drug-likeness (QED) is 0.593. The summed E-state index contributed by atoms with van der Waals surface area (Å²) >= 11 is 0. The largest absolute Gasteiger partial charge is 0.493 e. The molecule has 0 N–H and O–H groups in total. The number of aryl methyl sites for hydroxylation is 1. The van der Waals surface area contributed by atoms with Crippen molar-refractivity contribution < 1.29 is 14.3 Å². The Morgan fingerprint density at radius 1 is 1.39 bits per heavy atom. The molecular weight excluding hydrogens is 228 g/mol. The second-order valence-electron chi connectivity index (χ2n) is 4.59. The summed E-state index contributed by atoms with van der Waals surface area (Å²) in [6.07, 6.45) is 3.12. The monoisotopic (exact) mass is 248 g/mol. The number of carbonyl (C=O) groups excluding carboxylic acids is 1. The third-order valence-corrected chi connectivity index (χ3v) is 2.40. The predicted octanol–water partition coefficient (Wildman–Crippen LogP) is 3.22. The van der Waals surface area contributed by atoms with E-state index in [0.717, 1.165) is 16.9 Å². The Morgan fingerprint density at radius 2 is 2.11 bits per heavy atom. The standard InChI is InChI=1S/C15H20O3/c1-11(2)10-18-14-9-13(6-5-12(14)3)7-8-15(16)17-4/h5-9,11H,10H2,1-4H3/b8-7+. The molecule has 1 rings (SSSR count). The molecule has 1 aromatic carbocycles. The first-order valence-corrected chi connectivity index (χ1v) is 6.02. The Hall–Kier alpha value is -1.77. The molecule has 3 nitrogen and oxygen atoms in total. The first-order valence-electron chi connectivity index (χ1n) is 6.02. The summed E-state index contributed by atoms with van der Waals surface area (Å²) in [5.41, 5.74) is 2.01. The molecule has 18 heavy (non-hydrogen) atoms. The van der Waals surface area contributed by atoms with Gasteiger partial charge in [-0.15, -0.1) is 0 Å². The van der Waals surface area contributed by atoms with Crippen LogP contribution in [0.15, 0.2) is 24.3 Å². The fourth-order valence-corrected chi connectivity index (χ4v) is 1.36. The molecule has 0 fully saturated rings. The number of carbonyl (C=O) groups is 1. The van der Waals surface area contributed by atoms with Gasteiger partial charge in [-0.2, -0.15) is 0 Å². The van der Waals surface area contributed by atoms with E-state index in [4.69, 9.17) is 4.74 Å². The number of ether oxygens (including phenoxy) is 2. The van der Waals surface area contributed by atoms with Gasteiger partial charge in [-0.05, 0) is 36.1 Å². The van der Waals surface area contributed by atoms with E-state index < -0.39 is 0 Å². The SMILES string of the molecule is COC(=O)/C=C/c1ccc(C)c(OCC(C)C)c1. The maximum absolute atomic E-state index is 11.0. The lowest BCUT2D eigenvalue weighted by molar-refractivity contribution is -0.134. The van der Waals surface area contributed by atoms with Crippen LogP contribution in [0.2, 0.25) is 0 Å². The molecule has 0 aromatic heterocycles. The zero-order valence-electron chi connectivity index (χ0n) is 11.4. The van der Waals surface area contributed by atoms with Crippen LogP contribution in [-0.2, 0) is 9.53 Å². The number of hydrogen-bond donors (Lipinski definition) is 0. The Bertz CT molecular complexity index is 433. The van der Waals surface area contributed by atoms with Gasteiger partial charge in [-0.3, -0.25) is 0 Å². The molecule has 1 aromatic rings. The zero-order valence-corrected chi connectivity index (χ0v) is 11.4. The minimum atomic E-state index is -0.361. The molecule has 3 heteroatoms. The van der Waals surface area contributed by atoms with Crippen molar-refractivity contribution >= 4 is 12.0 Å². The van der Waals surface area contributed by atoms with Gasteiger partial charge in [0, 0.05) is 6.08 Å². The smallest absolute Gasteiger partial charge is 0.330 e. The molecule has 0 radical (unpaired) electrons. The molecule has 0 heterocycles. The predicted molar refractivity (Wildman–Crippen MR) is 72.6 cm³/mol. The van der Waals surface area contributed by atoms with E-state index in [1.165, 1.54) is 13.2 Å². The highest BCUT2D eigenvalue weighted by molar-refractivity contribution is 5.87. The van der Waals surface area contributed by atoms with Gasteiger partial charge in [-0.25, -0.2) is 4.79 Å². The molecule has 0 aliphatic rings. The lowest BCUT2D eigenvalue weighted by Crippen LogP contribution is -2.05. The fourth-order valence-electron chi connectivity index (χ4n) is 1.36. The van der Waals surface area contributed by atoms with E-state index in [9.17, 15) is 4.79 Å². The van der Waals surface area contributed by atoms with Crippen LogP contribution in [0.25, 0.3) is 6.08 Å². The summed E-state index contributed by atoms with van der Waals surface area (Å²) in [5.74, 6) is 0.981. The van der Waals surface area contributed by atoms with Crippen molar-refractivity contribution in [2.45, 2.75) is 20.8 Å². The summed E-state index contributed by atoms with van der Waals surface area (Å²) in [4.78, 5) is 11.0. The third-order valence-electron chi connectivity index (χ3n) is 2.40. The molecule has 0 spiro atoms. The minimum absolute atomic E-state index is 0.361. The molecule has 0 aliphatic carbocycles. The number of hydrogen-bond acceptors (Lipinski definition) is 3. The van der Waals surface area contributed by atoms with Crippen LogP contribution in [0, 0.1) is 12.8 Å². The van der Waals surface area contributed by atoms with Crippen LogP contribution < -0.4 is 4.74 Å². The zero-order chi connectivity index (χ0) is 13.5. The van der Waals surface area contributed by atoms with Gasteiger partial charge in [0.25, 0.3) is 0 Å². The van der Waals surface area contributed by atoms with Crippen molar-refractivity contribution in [2.24, 2.45) is 5.92 Å². The molecule has 0 saturated carbocycles. The van der Waals surface area contributed by atoms with E-state index in [1.807, 2.05) is 25.1 Å². The van der Waals surface area contributed by atoms with Gasteiger partial charge in [0.2, 0.25) is 0 Å². The Balaban J connectivity index is 2.80. The third kappa shape index (κ3) is 4.62. The van der Waals surface area contributed by atoms with Crippen LogP contribution in [0.1, 0.15) is 25.0 Å². The molecule has 0 atom stereocenters. The normalized spacial score (nSPS) is 10.9. The van der Waals surface area contributed by atoms with Gasteiger partial charge < -0.3 is 9.47 Å². The van der Waals surface area contributed by atoms with E-state index in [2.05, 4.69) is 18.6 Å². The average Bonchev–Trinajstić information content (AvgIpc) is 2.35. The molecule has 0 amide bonds. The second-order valence-corrected chi connectivity index (χ2v) is 4.59. The molecular formula is C15H20O3. The van der Waals surface area contributed by atoms with E-state index in [0.29, 0.717) is 12.5 Å². The van der Waals surface area contributed by atoms with Crippen molar-refractivity contribution in [3.05, 3.63) is 35.4 Å². The summed E-state index contributed by atoms with van der Waals surface area (Å²) in [7, 11) is 1.36. The van der Waals surface area contributed by atoms with Crippen LogP contribution in [0.4, 0.5) is 0 Å². The van der Waals surface area contributed by atoms with Crippen molar-refractivity contribution in [3.8, 4) is 5.75 Å². The van der Waals surface area contributed by atoms with E-state index in [-0.39, 0.29) is 5.97 Å². The number of esters is 1. The molecule has 0 unspecified atom stereocenters. The van der Waals surface area contributed by atoms with Crippen molar-refractivity contribution in [2.75, 3.05) is 13.7 Å². The Morgan fingerprint density at radius 3 is 2.72 bits per heavy atom. The fraction of sp³-hybridized carbons (Fsp3) is 0.400. The minimum Gasteiger partial charge on any atom is -0.493 e. The van der Waals surface area contributed by atoms with Gasteiger partial charge in [-0.1, -0.05) is 26.0 Å². The lowest BCUT2D eigenvalue weighted by atomic mass is 10.1. The number of rotatable bonds is 5. The maximum atomic E-state index is 11.0. The summed E-state index contributed by atoms with van der Waals surface area (Å²) in [6, 6.07) is 5.85. The van der Waals surface area contributed by atoms with Crippen LogP contribution in [0.3, 0.4) is 0 Å². The summed E-state index contributed by atoms with van der Waals surface area (Å²) < 4.78 is 10.3. The summed E-state index contributed by atoms with van der Waals surface area (Å²) in [5, 5.41) is 0. The van der Waals surface area contributed by atoms with Gasteiger partial charge in [0.05, 0.1) is 13.7 Å². The maximum Gasteiger partial charge on any atom is 0.330 e. The van der Waals surface area contributed by atoms with E-state index in [1.54, 1.807) is 6.08 Å². The van der Waals surface area contributed by atoms with Crippen LogP contribution >= 0.6 is 0 Å². The van der Waals surface area contributed by atoms with Gasteiger partial charge in [0.15, 0.2) is 0 Å². The average molecular weight is 248 g/mol. The van der Waals surface area contributed by atoms with Crippen molar-refractivity contribution in [1.29, 1.82) is 0 Å². The molecule has 0 saturated heterocycles. The Labute approximate surface area is 108 Å². The molecule has 0 aliphatic heterocycles. The topological polar surface area (TPSA) is 35.5 Å².